The highest BCUT2D eigenvalue weighted by Gasteiger charge is 2.29. The maximum Gasteiger partial charge on any atom is 0.389 e. The van der Waals surface area contributed by atoms with E-state index in [0.29, 0.717) is 0 Å². The van der Waals surface area contributed by atoms with Gasteiger partial charge in [0.15, 0.2) is 0 Å². The summed E-state index contributed by atoms with van der Waals surface area (Å²) in [5.74, 6) is -0.506. The lowest BCUT2D eigenvalue weighted by Gasteiger charge is -2.28. The number of rotatable bonds is 3. The minimum absolute atomic E-state index is 0.0190. The third-order valence-electron chi connectivity index (χ3n) is 2.66. The molecule has 0 radical (unpaired) electrons. The predicted molar refractivity (Wildman–Crippen MR) is 58.4 cm³/mol. The first kappa shape index (κ1) is 13.8. The van der Waals surface area contributed by atoms with Gasteiger partial charge in [0, 0.05) is 17.3 Å². The summed E-state index contributed by atoms with van der Waals surface area (Å²) in [5.41, 5.74) is 0. The van der Waals surface area contributed by atoms with Crippen LogP contribution in [0.4, 0.5) is 13.2 Å². The number of halogens is 4. The molecule has 1 fully saturated rings. The van der Waals surface area contributed by atoms with Gasteiger partial charge in [-0.3, -0.25) is 4.79 Å². The molecule has 16 heavy (non-hydrogen) atoms. The molecule has 1 aliphatic carbocycles. The first-order valence-corrected chi connectivity index (χ1v) is 6.30. The molecule has 0 bridgehead atoms. The van der Waals surface area contributed by atoms with E-state index in [2.05, 4.69) is 21.2 Å². The number of alkyl halides is 4. The van der Waals surface area contributed by atoms with Crippen LogP contribution in [-0.4, -0.2) is 23.0 Å². The Morgan fingerprint density at radius 2 is 1.94 bits per heavy atom. The van der Waals surface area contributed by atoms with E-state index in [1.807, 2.05) is 0 Å². The topological polar surface area (TPSA) is 29.1 Å². The number of carbonyl (C=O) groups is 1. The average molecular weight is 302 g/mol. The van der Waals surface area contributed by atoms with E-state index >= 15 is 0 Å². The third kappa shape index (κ3) is 5.18. The Labute approximate surface area is 101 Å². The van der Waals surface area contributed by atoms with Gasteiger partial charge in [0.05, 0.1) is 6.42 Å². The fourth-order valence-electron chi connectivity index (χ4n) is 1.78. The molecule has 0 aromatic carbocycles. The van der Waals surface area contributed by atoms with E-state index in [-0.39, 0.29) is 10.9 Å². The maximum absolute atomic E-state index is 11.9. The monoisotopic (exact) mass is 301 g/mol. The molecule has 1 N–H and O–H groups in total. The van der Waals surface area contributed by atoms with Crippen LogP contribution in [0.5, 0.6) is 0 Å². The van der Waals surface area contributed by atoms with E-state index in [4.69, 9.17) is 0 Å². The second-order valence-corrected chi connectivity index (χ2v) is 5.27. The van der Waals surface area contributed by atoms with E-state index < -0.39 is 24.9 Å². The van der Waals surface area contributed by atoms with Crippen LogP contribution in [0.3, 0.4) is 0 Å². The van der Waals surface area contributed by atoms with Gasteiger partial charge in [0.1, 0.15) is 0 Å². The average Bonchev–Trinajstić information content (AvgIpc) is 2.18. The molecule has 0 aromatic heterocycles. The van der Waals surface area contributed by atoms with Crippen molar-refractivity contribution in [2.24, 2.45) is 0 Å². The molecule has 1 saturated carbocycles. The molecule has 0 aliphatic heterocycles. The molecule has 0 saturated heterocycles. The van der Waals surface area contributed by atoms with Gasteiger partial charge in [-0.05, 0) is 12.8 Å². The van der Waals surface area contributed by atoms with Gasteiger partial charge >= 0.3 is 6.18 Å². The van der Waals surface area contributed by atoms with Gasteiger partial charge in [0.2, 0.25) is 5.91 Å². The number of nitrogens with one attached hydrogen (secondary N) is 1. The third-order valence-corrected chi connectivity index (χ3v) is 3.76. The van der Waals surface area contributed by atoms with Crippen molar-refractivity contribution >= 4 is 21.8 Å². The number of carbonyl (C=O) groups excluding carboxylic acids is 1. The minimum atomic E-state index is -4.25. The molecule has 0 heterocycles. The smallest absolute Gasteiger partial charge is 0.352 e. The van der Waals surface area contributed by atoms with Crippen molar-refractivity contribution in [3.63, 3.8) is 0 Å². The van der Waals surface area contributed by atoms with E-state index in [1.54, 1.807) is 0 Å². The van der Waals surface area contributed by atoms with Gasteiger partial charge in [-0.2, -0.15) is 13.2 Å². The van der Waals surface area contributed by atoms with Crippen molar-refractivity contribution in [1.82, 2.24) is 5.32 Å². The highest BCUT2D eigenvalue weighted by atomic mass is 79.9. The summed E-state index contributed by atoms with van der Waals surface area (Å²) in [4.78, 5) is 11.5. The Hall–Kier alpha value is -0.260. The van der Waals surface area contributed by atoms with Crippen LogP contribution in [-0.2, 0) is 4.79 Å². The standard InChI is InChI=1S/C10H15BrF3NO/c11-7-3-1-2-4-8(7)15-9(16)5-6-10(12,13)14/h7-8H,1-6H2,(H,15,16). The molecule has 0 spiro atoms. The Kier molecular flexibility index (Phi) is 5.08. The Morgan fingerprint density at radius 3 is 2.50 bits per heavy atom. The molecule has 6 heteroatoms. The summed E-state index contributed by atoms with van der Waals surface area (Å²) >= 11 is 3.44. The molecule has 2 atom stereocenters. The largest absolute Gasteiger partial charge is 0.389 e. The highest BCUT2D eigenvalue weighted by molar-refractivity contribution is 9.09. The van der Waals surface area contributed by atoms with Crippen molar-refractivity contribution in [2.75, 3.05) is 0 Å². The van der Waals surface area contributed by atoms with Crippen molar-refractivity contribution < 1.29 is 18.0 Å². The molecule has 1 rings (SSSR count). The molecule has 1 aliphatic rings. The lowest BCUT2D eigenvalue weighted by Crippen LogP contribution is -2.42. The van der Waals surface area contributed by atoms with Gasteiger partial charge in [-0.15, -0.1) is 0 Å². The minimum Gasteiger partial charge on any atom is -0.352 e. The zero-order valence-electron chi connectivity index (χ0n) is 8.82. The Morgan fingerprint density at radius 1 is 1.31 bits per heavy atom. The second kappa shape index (κ2) is 5.89. The SMILES string of the molecule is O=C(CCC(F)(F)F)NC1CCCCC1Br. The fourth-order valence-corrected chi connectivity index (χ4v) is 2.50. The van der Waals surface area contributed by atoms with E-state index in [1.165, 1.54) is 0 Å². The lowest BCUT2D eigenvalue weighted by atomic mass is 9.95. The van der Waals surface area contributed by atoms with Crippen LogP contribution in [0.15, 0.2) is 0 Å². The summed E-state index contributed by atoms with van der Waals surface area (Å²) in [6.07, 6.45) is -1.84. The molecular formula is C10H15BrF3NO. The normalized spacial score (nSPS) is 26.5. The predicted octanol–water partition coefficient (Wildman–Crippen LogP) is 3.15. The van der Waals surface area contributed by atoms with Crippen LogP contribution in [0.25, 0.3) is 0 Å². The molecular weight excluding hydrogens is 287 g/mol. The van der Waals surface area contributed by atoms with E-state index in [9.17, 15) is 18.0 Å². The second-order valence-electron chi connectivity index (χ2n) is 4.09. The van der Waals surface area contributed by atoms with Crippen LogP contribution >= 0.6 is 15.9 Å². The molecule has 94 valence electrons. The Balaban J connectivity index is 2.28. The van der Waals surface area contributed by atoms with Crippen LogP contribution in [0, 0.1) is 0 Å². The van der Waals surface area contributed by atoms with Crippen molar-refractivity contribution in [1.29, 1.82) is 0 Å². The van der Waals surface area contributed by atoms with Gasteiger partial charge < -0.3 is 5.32 Å². The summed E-state index contributed by atoms with van der Waals surface area (Å²) in [5, 5.41) is 2.66. The van der Waals surface area contributed by atoms with Gasteiger partial charge in [0.25, 0.3) is 0 Å². The lowest BCUT2D eigenvalue weighted by molar-refractivity contribution is -0.144. The van der Waals surface area contributed by atoms with Crippen LogP contribution < -0.4 is 5.32 Å². The molecule has 1 amide bonds. The van der Waals surface area contributed by atoms with Crippen LogP contribution in [0.1, 0.15) is 38.5 Å². The van der Waals surface area contributed by atoms with E-state index in [0.717, 1.165) is 25.7 Å². The molecule has 0 aromatic rings. The summed E-state index contributed by atoms with van der Waals surface area (Å²) < 4.78 is 35.6. The first-order valence-electron chi connectivity index (χ1n) is 5.38. The van der Waals surface area contributed by atoms with Gasteiger partial charge in [-0.1, -0.05) is 28.8 Å². The quantitative estimate of drug-likeness (QED) is 0.797. The fraction of sp³-hybridized carbons (Fsp3) is 0.900. The van der Waals surface area contributed by atoms with Crippen molar-refractivity contribution in [3.05, 3.63) is 0 Å². The first-order chi connectivity index (χ1) is 7.38. The molecule has 2 nitrogen and oxygen atoms in total. The van der Waals surface area contributed by atoms with Crippen molar-refractivity contribution in [2.45, 2.75) is 55.6 Å². The zero-order valence-corrected chi connectivity index (χ0v) is 10.4. The van der Waals surface area contributed by atoms with Gasteiger partial charge in [-0.25, -0.2) is 0 Å². The maximum atomic E-state index is 11.9. The summed E-state index contributed by atoms with van der Waals surface area (Å²) in [7, 11) is 0. The zero-order chi connectivity index (χ0) is 12.2. The highest BCUT2D eigenvalue weighted by Crippen LogP contribution is 2.25. The summed E-state index contributed by atoms with van der Waals surface area (Å²) in [6, 6.07) is -0.0190. The number of hydrogen-bond acceptors (Lipinski definition) is 1. The number of hydrogen-bond donors (Lipinski definition) is 1. The van der Waals surface area contributed by atoms with Crippen LogP contribution in [0.2, 0.25) is 0 Å². The Bertz CT molecular complexity index is 245. The summed E-state index contributed by atoms with van der Waals surface area (Å²) in [6.45, 7) is 0. The molecule has 2 unspecified atom stereocenters. The number of amides is 1. The van der Waals surface area contributed by atoms with Crippen molar-refractivity contribution in [3.8, 4) is 0 Å².